The summed E-state index contributed by atoms with van der Waals surface area (Å²) < 4.78 is 5.55. The molecule has 0 atom stereocenters. The lowest BCUT2D eigenvalue weighted by molar-refractivity contribution is -0.385. The van der Waals surface area contributed by atoms with E-state index in [-0.39, 0.29) is 31.2 Å². The van der Waals surface area contributed by atoms with Crippen molar-refractivity contribution in [3.05, 3.63) is 63.2 Å². The number of rotatable bonds is 7. The van der Waals surface area contributed by atoms with Crippen LogP contribution in [-0.4, -0.2) is 24.0 Å². The molecule has 0 fully saturated rings. The summed E-state index contributed by atoms with van der Waals surface area (Å²) in [4.78, 5) is 24.8. The number of benzene rings is 2. The molecule has 0 N–H and O–H groups in total. The van der Waals surface area contributed by atoms with Crippen LogP contribution in [0, 0.1) is 42.2 Å². The number of nitrogens with zero attached hydrogens (tertiary/aromatic N) is 3. The Morgan fingerprint density at radius 1 is 1.22 bits per heavy atom. The Bertz CT molecular complexity index is 882. The SMILES string of the molecule is Cc1cc(C)cc(N(CCC#N)C(=O)COc2cccc([N+](=O)[O-])c2C)c1. The summed E-state index contributed by atoms with van der Waals surface area (Å²) >= 11 is 0. The zero-order valence-electron chi connectivity index (χ0n) is 15.6. The van der Waals surface area contributed by atoms with E-state index in [0.29, 0.717) is 17.0 Å². The van der Waals surface area contributed by atoms with Crippen LogP contribution in [0.25, 0.3) is 0 Å². The standard InChI is InChI=1S/C20H21N3O4/c1-14-10-15(2)12-17(11-14)22(9-5-8-21)20(24)13-27-19-7-4-6-18(16(19)3)23(25)26/h4,6-7,10-12H,5,9,13H2,1-3H3. The zero-order chi connectivity index (χ0) is 20.0. The van der Waals surface area contributed by atoms with Gasteiger partial charge in [-0.2, -0.15) is 5.26 Å². The Morgan fingerprint density at radius 3 is 2.48 bits per heavy atom. The molecule has 2 rings (SSSR count). The second kappa shape index (κ2) is 8.81. The summed E-state index contributed by atoms with van der Waals surface area (Å²) in [7, 11) is 0. The molecule has 0 heterocycles. The van der Waals surface area contributed by atoms with E-state index in [1.807, 2.05) is 38.1 Å². The molecule has 1 amide bonds. The van der Waals surface area contributed by atoms with Gasteiger partial charge in [-0.15, -0.1) is 0 Å². The van der Waals surface area contributed by atoms with Crippen molar-refractivity contribution < 1.29 is 14.5 Å². The van der Waals surface area contributed by atoms with E-state index < -0.39 is 4.92 Å². The first-order valence-corrected chi connectivity index (χ1v) is 8.46. The maximum atomic E-state index is 12.7. The zero-order valence-corrected chi connectivity index (χ0v) is 15.6. The van der Waals surface area contributed by atoms with Gasteiger partial charge in [0.25, 0.3) is 11.6 Å². The molecule has 7 heteroatoms. The van der Waals surface area contributed by atoms with Crippen molar-refractivity contribution in [1.29, 1.82) is 5.26 Å². The molecule has 0 aromatic heterocycles. The summed E-state index contributed by atoms with van der Waals surface area (Å²) in [6, 6.07) is 12.3. The number of aryl methyl sites for hydroxylation is 2. The normalized spacial score (nSPS) is 10.1. The van der Waals surface area contributed by atoms with Crippen LogP contribution in [0.15, 0.2) is 36.4 Å². The number of ether oxygens (including phenoxy) is 1. The fraction of sp³-hybridized carbons (Fsp3) is 0.300. The van der Waals surface area contributed by atoms with E-state index in [1.54, 1.807) is 13.0 Å². The lowest BCUT2D eigenvalue weighted by atomic mass is 10.1. The maximum Gasteiger partial charge on any atom is 0.276 e. The molecule has 140 valence electrons. The second-order valence-electron chi connectivity index (χ2n) is 6.25. The van der Waals surface area contributed by atoms with Crippen LogP contribution in [0.2, 0.25) is 0 Å². The second-order valence-corrected chi connectivity index (χ2v) is 6.25. The van der Waals surface area contributed by atoms with Crippen LogP contribution in [0.1, 0.15) is 23.1 Å². The van der Waals surface area contributed by atoms with Crippen LogP contribution in [-0.2, 0) is 4.79 Å². The van der Waals surface area contributed by atoms with E-state index >= 15 is 0 Å². The number of nitro benzene ring substituents is 1. The number of hydrogen-bond donors (Lipinski definition) is 0. The highest BCUT2D eigenvalue weighted by Crippen LogP contribution is 2.27. The molecule has 7 nitrogen and oxygen atoms in total. The van der Waals surface area contributed by atoms with Crippen molar-refractivity contribution in [2.75, 3.05) is 18.1 Å². The topological polar surface area (TPSA) is 96.5 Å². The fourth-order valence-electron chi connectivity index (χ4n) is 2.84. The third kappa shape index (κ3) is 5.05. The van der Waals surface area contributed by atoms with Crippen molar-refractivity contribution in [3.8, 4) is 11.8 Å². The summed E-state index contributed by atoms with van der Waals surface area (Å²) in [5.74, 6) is -0.0284. The molecule has 0 bridgehead atoms. The number of carbonyl (C=O) groups is 1. The molecule has 2 aromatic carbocycles. The highest BCUT2D eigenvalue weighted by atomic mass is 16.6. The minimum atomic E-state index is -0.487. The van der Waals surface area contributed by atoms with Gasteiger partial charge in [-0.05, 0) is 50.1 Å². The van der Waals surface area contributed by atoms with Crippen molar-refractivity contribution >= 4 is 17.3 Å². The highest BCUT2D eigenvalue weighted by Gasteiger charge is 2.19. The van der Waals surface area contributed by atoms with Gasteiger partial charge in [0, 0.05) is 18.3 Å². The van der Waals surface area contributed by atoms with Gasteiger partial charge < -0.3 is 9.64 Å². The molecule has 0 spiro atoms. The first kappa shape index (κ1) is 19.9. The Labute approximate surface area is 157 Å². The van der Waals surface area contributed by atoms with Gasteiger partial charge in [0.1, 0.15) is 5.75 Å². The minimum absolute atomic E-state index is 0.0596. The summed E-state index contributed by atoms with van der Waals surface area (Å²) in [6.45, 7) is 5.42. The Kier molecular flexibility index (Phi) is 6.50. The largest absolute Gasteiger partial charge is 0.483 e. The van der Waals surface area contributed by atoms with Gasteiger partial charge in [-0.3, -0.25) is 14.9 Å². The maximum absolute atomic E-state index is 12.7. The molecular weight excluding hydrogens is 346 g/mol. The van der Waals surface area contributed by atoms with E-state index in [2.05, 4.69) is 0 Å². The Morgan fingerprint density at radius 2 is 1.89 bits per heavy atom. The predicted octanol–water partition coefficient (Wildman–Crippen LogP) is 3.85. The van der Waals surface area contributed by atoms with Crippen molar-refractivity contribution in [1.82, 2.24) is 0 Å². The van der Waals surface area contributed by atoms with E-state index in [0.717, 1.165) is 11.1 Å². The number of nitriles is 1. The average molecular weight is 367 g/mol. The van der Waals surface area contributed by atoms with E-state index in [9.17, 15) is 14.9 Å². The van der Waals surface area contributed by atoms with Crippen LogP contribution in [0.5, 0.6) is 5.75 Å². The summed E-state index contributed by atoms with van der Waals surface area (Å²) in [5.41, 5.74) is 3.03. The smallest absolute Gasteiger partial charge is 0.276 e. The van der Waals surface area contributed by atoms with E-state index in [4.69, 9.17) is 10.00 Å². The molecule has 0 saturated carbocycles. The van der Waals surface area contributed by atoms with Gasteiger partial charge in [0.2, 0.25) is 0 Å². The molecule has 0 saturated heterocycles. The molecule has 0 aliphatic rings. The predicted molar refractivity (Wildman–Crippen MR) is 102 cm³/mol. The third-order valence-corrected chi connectivity index (χ3v) is 4.07. The summed E-state index contributed by atoms with van der Waals surface area (Å²) in [5, 5.41) is 19.9. The number of nitro groups is 1. The molecule has 0 aliphatic heterocycles. The third-order valence-electron chi connectivity index (χ3n) is 4.07. The molecular formula is C20H21N3O4. The fourth-order valence-corrected chi connectivity index (χ4v) is 2.84. The number of amides is 1. The van der Waals surface area contributed by atoms with Crippen LogP contribution in [0.3, 0.4) is 0 Å². The lowest BCUT2D eigenvalue weighted by Crippen LogP contribution is -2.36. The van der Waals surface area contributed by atoms with Gasteiger partial charge in [0.05, 0.1) is 23.0 Å². The Balaban J connectivity index is 2.21. The lowest BCUT2D eigenvalue weighted by Gasteiger charge is -2.23. The molecule has 27 heavy (non-hydrogen) atoms. The molecule has 0 aliphatic carbocycles. The molecule has 2 aromatic rings. The highest BCUT2D eigenvalue weighted by molar-refractivity contribution is 5.94. The Hall–Kier alpha value is -3.40. The van der Waals surface area contributed by atoms with Crippen molar-refractivity contribution in [3.63, 3.8) is 0 Å². The van der Waals surface area contributed by atoms with Gasteiger partial charge in [-0.1, -0.05) is 12.1 Å². The van der Waals surface area contributed by atoms with Crippen LogP contribution < -0.4 is 9.64 Å². The average Bonchev–Trinajstić information content (AvgIpc) is 2.60. The van der Waals surface area contributed by atoms with Gasteiger partial charge in [-0.25, -0.2) is 0 Å². The van der Waals surface area contributed by atoms with Crippen molar-refractivity contribution in [2.24, 2.45) is 0 Å². The number of carbonyl (C=O) groups excluding carboxylic acids is 1. The number of hydrogen-bond acceptors (Lipinski definition) is 5. The number of anilines is 1. The molecule has 0 radical (unpaired) electrons. The van der Waals surface area contributed by atoms with Gasteiger partial charge in [0.15, 0.2) is 6.61 Å². The van der Waals surface area contributed by atoms with Gasteiger partial charge >= 0.3 is 0 Å². The summed E-state index contributed by atoms with van der Waals surface area (Å²) in [6.07, 6.45) is 0.189. The first-order chi connectivity index (χ1) is 12.8. The first-order valence-electron chi connectivity index (χ1n) is 8.46. The van der Waals surface area contributed by atoms with Crippen LogP contribution in [0.4, 0.5) is 11.4 Å². The molecule has 0 unspecified atom stereocenters. The monoisotopic (exact) mass is 367 g/mol. The minimum Gasteiger partial charge on any atom is -0.483 e. The van der Waals surface area contributed by atoms with E-state index in [1.165, 1.54) is 17.0 Å². The quantitative estimate of drug-likeness (QED) is 0.547. The van der Waals surface area contributed by atoms with Crippen LogP contribution >= 0.6 is 0 Å². The van der Waals surface area contributed by atoms with Crippen molar-refractivity contribution in [2.45, 2.75) is 27.2 Å².